The first-order valence-corrected chi connectivity index (χ1v) is 19.2. The van der Waals surface area contributed by atoms with Crippen molar-refractivity contribution in [2.24, 2.45) is 5.73 Å². The summed E-state index contributed by atoms with van der Waals surface area (Å²) in [5.41, 5.74) is 6.80. The Kier molecular flexibility index (Phi) is 34.7. The SMILES string of the molecule is CCCCCCCCCCCCCCCCCCC(=CC(N)=O)CCCCCCCCCCCCCCCCCC. The number of unbranched alkanes of at least 4 members (excludes halogenated alkanes) is 30. The normalized spacial score (nSPS) is 11.3. The number of hydrogen-bond acceptors (Lipinski definition) is 1. The van der Waals surface area contributed by atoms with E-state index in [1.807, 2.05) is 0 Å². The number of carbonyl (C=O) groups is 1. The second-order valence-corrected chi connectivity index (χ2v) is 13.3. The molecule has 0 rings (SSSR count). The van der Waals surface area contributed by atoms with Crippen molar-refractivity contribution in [2.75, 3.05) is 0 Å². The molecule has 0 aliphatic heterocycles. The number of hydrogen-bond donors (Lipinski definition) is 1. The Morgan fingerprint density at radius 2 is 0.561 bits per heavy atom. The monoisotopic (exact) mass is 576 g/mol. The maximum atomic E-state index is 11.5. The standard InChI is InChI=1S/C39H77NO/c1-3-5-7-9-11-13-15-17-19-21-23-25-27-29-31-33-35-38(37-39(40)41)36-34-32-30-28-26-24-22-20-18-16-14-12-10-8-6-4-2/h37H,3-36H2,1-2H3,(H2,40,41). The first-order valence-electron chi connectivity index (χ1n) is 19.2. The zero-order valence-electron chi connectivity index (χ0n) is 28.6. The Hall–Kier alpha value is -0.790. The Morgan fingerprint density at radius 1 is 0.366 bits per heavy atom. The van der Waals surface area contributed by atoms with Gasteiger partial charge in [0.1, 0.15) is 0 Å². The highest BCUT2D eigenvalue weighted by atomic mass is 16.1. The van der Waals surface area contributed by atoms with Crippen LogP contribution in [0.25, 0.3) is 0 Å². The van der Waals surface area contributed by atoms with Crippen LogP contribution in [0.15, 0.2) is 11.6 Å². The van der Waals surface area contributed by atoms with Crippen molar-refractivity contribution in [3.05, 3.63) is 11.6 Å². The Balaban J connectivity index is 3.49. The molecule has 0 unspecified atom stereocenters. The summed E-state index contributed by atoms with van der Waals surface area (Å²) in [7, 11) is 0. The highest BCUT2D eigenvalue weighted by Crippen LogP contribution is 2.20. The molecule has 0 aromatic carbocycles. The molecule has 0 aromatic rings. The van der Waals surface area contributed by atoms with E-state index in [2.05, 4.69) is 13.8 Å². The molecular formula is C39H77NO. The summed E-state index contributed by atoms with van der Waals surface area (Å²) < 4.78 is 0. The molecule has 2 N–H and O–H groups in total. The van der Waals surface area contributed by atoms with Gasteiger partial charge in [0.15, 0.2) is 0 Å². The maximum absolute atomic E-state index is 11.5. The van der Waals surface area contributed by atoms with Gasteiger partial charge in [-0.25, -0.2) is 0 Å². The second-order valence-electron chi connectivity index (χ2n) is 13.3. The highest BCUT2D eigenvalue weighted by Gasteiger charge is 2.02. The van der Waals surface area contributed by atoms with E-state index in [-0.39, 0.29) is 5.91 Å². The Morgan fingerprint density at radius 3 is 0.756 bits per heavy atom. The van der Waals surface area contributed by atoms with Gasteiger partial charge < -0.3 is 5.73 Å². The fourth-order valence-corrected chi connectivity index (χ4v) is 6.27. The van der Waals surface area contributed by atoms with Gasteiger partial charge in [-0.1, -0.05) is 212 Å². The molecular weight excluding hydrogens is 498 g/mol. The average Bonchev–Trinajstić information content (AvgIpc) is 2.96. The van der Waals surface area contributed by atoms with Gasteiger partial charge in [0.25, 0.3) is 0 Å². The van der Waals surface area contributed by atoms with E-state index < -0.39 is 0 Å². The van der Waals surface area contributed by atoms with E-state index >= 15 is 0 Å². The van der Waals surface area contributed by atoms with Crippen LogP contribution in [0.4, 0.5) is 0 Å². The van der Waals surface area contributed by atoms with Crippen molar-refractivity contribution < 1.29 is 4.79 Å². The van der Waals surface area contributed by atoms with Crippen molar-refractivity contribution >= 4 is 5.91 Å². The molecule has 0 radical (unpaired) electrons. The summed E-state index contributed by atoms with van der Waals surface area (Å²) >= 11 is 0. The zero-order valence-corrected chi connectivity index (χ0v) is 28.6. The van der Waals surface area contributed by atoms with Gasteiger partial charge in [0, 0.05) is 6.08 Å². The quantitative estimate of drug-likeness (QED) is 0.0592. The van der Waals surface area contributed by atoms with Crippen LogP contribution in [-0.4, -0.2) is 5.91 Å². The lowest BCUT2D eigenvalue weighted by Crippen LogP contribution is -2.07. The van der Waals surface area contributed by atoms with Crippen molar-refractivity contribution in [2.45, 2.75) is 232 Å². The molecule has 0 heterocycles. The van der Waals surface area contributed by atoms with Gasteiger partial charge in [-0.3, -0.25) is 4.79 Å². The van der Waals surface area contributed by atoms with Crippen molar-refractivity contribution in [1.29, 1.82) is 0 Å². The van der Waals surface area contributed by atoms with Crippen molar-refractivity contribution in [1.82, 2.24) is 0 Å². The summed E-state index contributed by atoms with van der Waals surface area (Å²) in [6.45, 7) is 4.59. The molecule has 2 nitrogen and oxygen atoms in total. The summed E-state index contributed by atoms with van der Waals surface area (Å²) in [5, 5.41) is 0. The third-order valence-corrected chi connectivity index (χ3v) is 9.05. The highest BCUT2D eigenvalue weighted by molar-refractivity contribution is 5.86. The minimum atomic E-state index is -0.256. The number of carbonyl (C=O) groups excluding carboxylic acids is 1. The summed E-state index contributed by atoms with van der Waals surface area (Å²) in [4.78, 5) is 11.5. The van der Waals surface area contributed by atoms with Crippen molar-refractivity contribution in [3.63, 3.8) is 0 Å². The molecule has 0 aliphatic carbocycles. The molecule has 0 atom stereocenters. The molecule has 244 valence electrons. The summed E-state index contributed by atoms with van der Waals surface area (Å²) in [6.07, 6.45) is 48.7. The minimum absolute atomic E-state index is 0.256. The van der Waals surface area contributed by atoms with Crippen LogP contribution in [0.2, 0.25) is 0 Å². The van der Waals surface area contributed by atoms with Gasteiger partial charge >= 0.3 is 0 Å². The predicted molar refractivity (Wildman–Crippen MR) is 186 cm³/mol. The van der Waals surface area contributed by atoms with Crippen LogP contribution >= 0.6 is 0 Å². The fourth-order valence-electron chi connectivity index (χ4n) is 6.27. The Bertz CT molecular complexity index is 502. The molecule has 0 aromatic heterocycles. The predicted octanol–water partition coefficient (Wildman–Crippen LogP) is 13.7. The molecule has 0 aliphatic rings. The summed E-state index contributed by atoms with van der Waals surface area (Å²) in [5.74, 6) is -0.256. The average molecular weight is 576 g/mol. The number of nitrogens with two attached hydrogens (primary N) is 1. The molecule has 41 heavy (non-hydrogen) atoms. The van der Waals surface area contributed by atoms with Crippen molar-refractivity contribution in [3.8, 4) is 0 Å². The number of rotatable bonds is 35. The van der Waals surface area contributed by atoms with Crippen LogP contribution in [0.1, 0.15) is 232 Å². The minimum Gasteiger partial charge on any atom is -0.366 e. The lowest BCUT2D eigenvalue weighted by molar-refractivity contribution is -0.113. The molecule has 0 fully saturated rings. The molecule has 0 bridgehead atoms. The van der Waals surface area contributed by atoms with E-state index in [1.165, 1.54) is 211 Å². The number of allylic oxidation sites excluding steroid dienone is 1. The molecule has 0 spiro atoms. The first kappa shape index (κ1) is 40.2. The Labute approximate surface area is 259 Å². The van der Waals surface area contributed by atoms with Crippen LogP contribution in [-0.2, 0) is 4.79 Å². The smallest absolute Gasteiger partial charge is 0.241 e. The van der Waals surface area contributed by atoms with Crippen LogP contribution in [0, 0.1) is 0 Å². The second kappa shape index (κ2) is 35.4. The fraction of sp³-hybridized carbons (Fsp3) is 0.923. The van der Waals surface area contributed by atoms with Crippen LogP contribution < -0.4 is 5.73 Å². The van der Waals surface area contributed by atoms with Gasteiger partial charge in [0.05, 0.1) is 0 Å². The van der Waals surface area contributed by atoms with E-state index in [1.54, 1.807) is 6.08 Å². The van der Waals surface area contributed by atoms with Crippen LogP contribution in [0.5, 0.6) is 0 Å². The van der Waals surface area contributed by atoms with E-state index in [0.29, 0.717) is 0 Å². The van der Waals surface area contributed by atoms with Gasteiger partial charge in [-0.15, -0.1) is 0 Å². The number of amides is 1. The van der Waals surface area contributed by atoms with E-state index in [4.69, 9.17) is 5.73 Å². The largest absolute Gasteiger partial charge is 0.366 e. The van der Waals surface area contributed by atoms with Gasteiger partial charge in [-0.05, 0) is 25.7 Å². The first-order chi connectivity index (χ1) is 20.2. The van der Waals surface area contributed by atoms with E-state index in [9.17, 15) is 4.79 Å². The third-order valence-electron chi connectivity index (χ3n) is 9.05. The molecule has 0 saturated carbocycles. The molecule has 0 saturated heterocycles. The number of primary amides is 1. The maximum Gasteiger partial charge on any atom is 0.241 e. The topological polar surface area (TPSA) is 43.1 Å². The summed E-state index contributed by atoms with van der Waals surface area (Å²) in [6, 6.07) is 0. The third kappa shape index (κ3) is 35.3. The lowest BCUT2D eigenvalue weighted by atomic mass is 9.98. The lowest BCUT2D eigenvalue weighted by Gasteiger charge is -2.08. The molecule has 2 heteroatoms. The van der Waals surface area contributed by atoms with Crippen LogP contribution in [0.3, 0.4) is 0 Å². The molecule has 1 amide bonds. The van der Waals surface area contributed by atoms with E-state index in [0.717, 1.165) is 12.8 Å². The van der Waals surface area contributed by atoms with Gasteiger partial charge in [0.2, 0.25) is 5.91 Å². The zero-order chi connectivity index (χ0) is 29.9. The van der Waals surface area contributed by atoms with Gasteiger partial charge in [-0.2, -0.15) is 0 Å².